The summed E-state index contributed by atoms with van der Waals surface area (Å²) in [6.07, 6.45) is 2.11. The van der Waals surface area contributed by atoms with Crippen LogP contribution in [0.3, 0.4) is 0 Å². The van der Waals surface area contributed by atoms with Crippen LogP contribution in [0.1, 0.15) is 18.9 Å². The molecule has 1 aromatic carbocycles. The summed E-state index contributed by atoms with van der Waals surface area (Å²) in [6.45, 7) is 4.78. The Labute approximate surface area is 119 Å². The normalized spacial score (nSPS) is 14.9. The number of anilines is 1. The standard InChI is InChI=1S/C15H21N3O2/c1-2-3-12-4-6-13(7-5-12)17-14(19)15(20)18-10-8-16-9-11-18/h4-7,16H,2-3,8-11H2,1H3,(H,17,19). The van der Waals surface area contributed by atoms with Crippen LogP contribution in [0.2, 0.25) is 0 Å². The number of nitrogens with one attached hydrogen (secondary N) is 2. The summed E-state index contributed by atoms with van der Waals surface area (Å²) < 4.78 is 0. The van der Waals surface area contributed by atoms with Gasteiger partial charge in [0.05, 0.1) is 0 Å². The summed E-state index contributed by atoms with van der Waals surface area (Å²) >= 11 is 0. The molecule has 0 saturated carbocycles. The van der Waals surface area contributed by atoms with Gasteiger partial charge < -0.3 is 15.5 Å². The Kier molecular flexibility index (Phi) is 5.12. The van der Waals surface area contributed by atoms with Gasteiger partial charge in [0.25, 0.3) is 0 Å². The lowest BCUT2D eigenvalue weighted by Crippen LogP contribution is -2.49. The number of nitrogens with zero attached hydrogens (tertiary/aromatic N) is 1. The summed E-state index contributed by atoms with van der Waals surface area (Å²) in [5.41, 5.74) is 1.90. The molecule has 1 saturated heterocycles. The topological polar surface area (TPSA) is 61.4 Å². The Morgan fingerprint density at radius 3 is 2.45 bits per heavy atom. The molecule has 2 rings (SSSR count). The number of benzene rings is 1. The minimum Gasteiger partial charge on any atom is -0.332 e. The second kappa shape index (κ2) is 7.05. The molecule has 5 nitrogen and oxygen atoms in total. The summed E-state index contributed by atoms with van der Waals surface area (Å²) in [4.78, 5) is 25.4. The molecule has 20 heavy (non-hydrogen) atoms. The van der Waals surface area contributed by atoms with Gasteiger partial charge in [-0.15, -0.1) is 0 Å². The lowest BCUT2D eigenvalue weighted by atomic mass is 10.1. The number of carbonyl (C=O) groups is 2. The van der Waals surface area contributed by atoms with Crippen LogP contribution in [0.4, 0.5) is 5.69 Å². The minimum atomic E-state index is -0.560. The highest BCUT2D eigenvalue weighted by atomic mass is 16.2. The highest BCUT2D eigenvalue weighted by molar-refractivity contribution is 6.39. The third-order valence-corrected chi connectivity index (χ3v) is 3.35. The molecule has 0 bridgehead atoms. The van der Waals surface area contributed by atoms with Gasteiger partial charge >= 0.3 is 11.8 Å². The maximum Gasteiger partial charge on any atom is 0.313 e. The quantitative estimate of drug-likeness (QED) is 0.809. The minimum absolute atomic E-state index is 0.455. The number of aryl methyl sites for hydroxylation is 1. The van der Waals surface area contributed by atoms with Gasteiger partial charge in [0, 0.05) is 31.9 Å². The van der Waals surface area contributed by atoms with E-state index in [0.717, 1.165) is 25.9 Å². The number of hydrogen-bond donors (Lipinski definition) is 2. The lowest BCUT2D eigenvalue weighted by molar-refractivity contribution is -0.143. The van der Waals surface area contributed by atoms with Crippen LogP contribution in [0.15, 0.2) is 24.3 Å². The molecule has 2 amide bonds. The van der Waals surface area contributed by atoms with Crippen LogP contribution in [0.25, 0.3) is 0 Å². The summed E-state index contributed by atoms with van der Waals surface area (Å²) in [6, 6.07) is 7.64. The van der Waals surface area contributed by atoms with E-state index >= 15 is 0 Å². The smallest absolute Gasteiger partial charge is 0.313 e. The number of hydrogen-bond acceptors (Lipinski definition) is 3. The molecule has 2 N–H and O–H groups in total. The molecule has 1 fully saturated rings. The van der Waals surface area contributed by atoms with Gasteiger partial charge in [0.1, 0.15) is 0 Å². The van der Waals surface area contributed by atoms with Crippen molar-refractivity contribution in [2.75, 3.05) is 31.5 Å². The van der Waals surface area contributed by atoms with Crippen molar-refractivity contribution in [1.82, 2.24) is 10.2 Å². The van der Waals surface area contributed by atoms with Gasteiger partial charge in [0.15, 0.2) is 0 Å². The number of rotatable bonds is 3. The third kappa shape index (κ3) is 3.81. The Hall–Kier alpha value is -1.88. The first kappa shape index (κ1) is 14.5. The molecular formula is C15H21N3O2. The largest absolute Gasteiger partial charge is 0.332 e. The van der Waals surface area contributed by atoms with E-state index in [-0.39, 0.29) is 0 Å². The number of piperazine rings is 1. The predicted octanol–water partition coefficient (Wildman–Crippen LogP) is 1.01. The molecule has 0 atom stereocenters. The van der Waals surface area contributed by atoms with Crippen LogP contribution in [0.5, 0.6) is 0 Å². The van der Waals surface area contributed by atoms with Crippen molar-refractivity contribution in [3.05, 3.63) is 29.8 Å². The predicted molar refractivity (Wildman–Crippen MR) is 78.5 cm³/mol. The van der Waals surface area contributed by atoms with Crippen molar-refractivity contribution in [2.24, 2.45) is 0 Å². The van der Waals surface area contributed by atoms with Crippen LogP contribution in [-0.4, -0.2) is 42.9 Å². The number of amides is 2. The summed E-state index contributed by atoms with van der Waals surface area (Å²) in [5.74, 6) is -1.01. The fraction of sp³-hybridized carbons (Fsp3) is 0.467. The Morgan fingerprint density at radius 1 is 1.20 bits per heavy atom. The van der Waals surface area contributed by atoms with E-state index in [4.69, 9.17) is 0 Å². The second-order valence-electron chi connectivity index (χ2n) is 4.94. The van der Waals surface area contributed by atoms with E-state index in [1.807, 2.05) is 24.3 Å². The fourth-order valence-electron chi connectivity index (χ4n) is 2.24. The van der Waals surface area contributed by atoms with Crippen molar-refractivity contribution in [3.8, 4) is 0 Å². The molecule has 0 radical (unpaired) electrons. The SMILES string of the molecule is CCCc1ccc(NC(=O)C(=O)N2CCNCC2)cc1. The maximum absolute atomic E-state index is 12.0. The zero-order valence-electron chi connectivity index (χ0n) is 11.8. The average Bonchev–Trinajstić information content (AvgIpc) is 2.49. The first-order valence-corrected chi connectivity index (χ1v) is 7.10. The molecule has 1 aliphatic rings. The van der Waals surface area contributed by atoms with Crippen molar-refractivity contribution in [2.45, 2.75) is 19.8 Å². The molecule has 0 spiro atoms. The monoisotopic (exact) mass is 275 g/mol. The molecule has 0 aromatic heterocycles. The van der Waals surface area contributed by atoms with Gasteiger partial charge in [-0.1, -0.05) is 25.5 Å². The second-order valence-corrected chi connectivity index (χ2v) is 4.94. The van der Waals surface area contributed by atoms with Crippen molar-refractivity contribution in [3.63, 3.8) is 0 Å². The number of carbonyl (C=O) groups excluding carboxylic acids is 2. The van der Waals surface area contributed by atoms with Gasteiger partial charge in [-0.2, -0.15) is 0 Å². The summed E-state index contributed by atoms with van der Waals surface area (Å²) in [5, 5.41) is 5.81. The highest BCUT2D eigenvalue weighted by Crippen LogP contribution is 2.11. The Balaban J connectivity index is 1.91. The van der Waals surface area contributed by atoms with Crippen LogP contribution >= 0.6 is 0 Å². The van der Waals surface area contributed by atoms with Gasteiger partial charge in [-0.3, -0.25) is 9.59 Å². The van der Waals surface area contributed by atoms with E-state index in [9.17, 15) is 9.59 Å². The first-order chi connectivity index (χ1) is 9.70. The molecule has 1 aromatic rings. The van der Waals surface area contributed by atoms with Gasteiger partial charge in [-0.25, -0.2) is 0 Å². The van der Waals surface area contributed by atoms with Crippen LogP contribution in [-0.2, 0) is 16.0 Å². The molecular weight excluding hydrogens is 254 g/mol. The average molecular weight is 275 g/mol. The van der Waals surface area contributed by atoms with E-state index in [2.05, 4.69) is 17.6 Å². The first-order valence-electron chi connectivity index (χ1n) is 7.10. The molecule has 0 unspecified atom stereocenters. The maximum atomic E-state index is 12.0. The summed E-state index contributed by atoms with van der Waals surface area (Å²) in [7, 11) is 0. The zero-order chi connectivity index (χ0) is 14.4. The molecule has 5 heteroatoms. The fourth-order valence-corrected chi connectivity index (χ4v) is 2.24. The van der Waals surface area contributed by atoms with Gasteiger partial charge in [-0.05, 0) is 24.1 Å². The lowest BCUT2D eigenvalue weighted by Gasteiger charge is -2.26. The molecule has 108 valence electrons. The highest BCUT2D eigenvalue weighted by Gasteiger charge is 2.23. The molecule has 1 aliphatic heterocycles. The van der Waals surface area contributed by atoms with Crippen LogP contribution < -0.4 is 10.6 Å². The van der Waals surface area contributed by atoms with Crippen molar-refractivity contribution in [1.29, 1.82) is 0 Å². The third-order valence-electron chi connectivity index (χ3n) is 3.35. The molecule has 1 heterocycles. The van der Waals surface area contributed by atoms with Crippen LogP contribution in [0, 0.1) is 0 Å². The van der Waals surface area contributed by atoms with E-state index in [0.29, 0.717) is 18.8 Å². The van der Waals surface area contributed by atoms with Crippen molar-refractivity contribution >= 4 is 17.5 Å². The van der Waals surface area contributed by atoms with E-state index < -0.39 is 11.8 Å². The van der Waals surface area contributed by atoms with E-state index in [1.165, 1.54) is 5.56 Å². The van der Waals surface area contributed by atoms with E-state index in [1.54, 1.807) is 4.90 Å². The van der Waals surface area contributed by atoms with Gasteiger partial charge in [0.2, 0.25) is 0 Å². The molecule has 0 aliphatic carbocycles. The Bertz CT molecular complexity index is 465. The Morgan fingerprint density at radius 2 is 1.85 bits per heavy atom. The van der Waals surface area contributed by atoms with Crippen molar-refractivity contribution < 1.29 is 9.59 Å². The zero-order valence-corrected chi connectivity index (χ0v) is 11.8.